The summed E-state index contributed by atoms with van der Waals surface area (Å²) in [6, 6.07) is 13.7. The molecule has 0 heterocycles. The van der Waals surface area contributed by atoms with Gasteiger partial charge in [0.15, 0.2) is 0 Å². The monoisotopic (exact) mass is 346 g/mol. The topological polar surface area (TPSA) is 58.2 Å². The fourth-order valence-corrected chi connectivity index (χ4v) is 3.59. The summed E-state index contributed by atoms with van der Waals surface area (Å²) >= 11 is 0. The van der Waals surface area contributed by atoms with Crippen molar-refractivity contribution >= 4 is 10.0 Å². The van der Waals surface area contributed by atoms with Gasteiger partial charge in [-0.05, 0) is 69.1 Å². The highest BCUT2D eigenvalue weighted by Crippen LogP contribution is 2.24. The van der Waals surface area contributed by atoms with Crippen LogP contribution < -0.4 is 10.0 Å². The van der Waals surface area contributed by atoms with E-state index in [1.54, 1.807) is 12.1 Å². The molecule has 4 nitrogen and oxygen atoms in total. The molecule has 0 saturated heterocycles. The second kappa shape index (κ2) is 7.47. The van der Waals surface area contributed by atoms with Crippen LogP contribution in [-0.4, -0.2) is 15.5 Å². The summed E-state index contributed by atoms with van der Waals surface area (Å²) < 4.78 is 25.9. The molecular formula is C19H26N2O2S. The van der Waals surface area contributed by atoms with Gasteiger partial charge in [0.05, 0.1) is 4.90 Å². The van der Waals surface area contributed by atoms with Gasteiger partial charge in [0.2, 0.25) is 10.0 Å². The summed E-state index contributed by atoms with van der Waals surface area (Å²) in [5.41, 5.74) is 4.94. The van der Waals surface area contributed by atoms with Crippen molar-refractivity contribution in [3.8, 4) is 0 Å². The van der Waals surface area contributed by atoms with Crippen LogP contribution in [0.25, 0.3) is 0 Å². The molecule has 0 amide bonds. The molecule has 0 saturated carbocycles. The molecule has 130 valence electrons. The zero-order valence-corrected chi connectivity index (χ0v) is 15.7. The van der Waals surface area contributed by atoms with Crippen molar-refractivity contribution < 1.29 is 8.42 Å². The molecule has 0 aliphatic heterocycles. The van der Waals surface area contributed by atoms with E-state index < -0.39 is 10.0 Å². The van der Waals surface area contributed by atoms with Gasteiger partial charge in [0.1, 0.15) is 0 Å². The first-order valence-corrected chi connectivity index (χ1v) is 9.60. The molecule has 0 spiro atoms. The Bertz CT molecular complexity index is 799. The van der Waals surface area contributed by atoms with Crippen molar-refractivity contribution in [1.82, 2.24) is 10.0 Å². The predicted molar refractivity (Wildman–Crippen MR) is 98.6 cm³/mol. The van der Waals surface area contributed by atoms with Gasteiger partial charge in [0, 0.05) is 12.1 Å². The van der Waals surface area contributed by atoms with Crippen LogP contribution in [-0.2, 0) is 10.0 Å². The Kier molecular flexibility index (Phi) is 5.80. The van der Waals surface area contributed by atoms with E-state index in [4.69, 9.17) is 0 Å². The lowest BCUT2D eigenvalue weighted by Gasteiger charge is -2.23. The maximum atomic E-state index is 11.8. The third-order valence-corrected chi connectivity index (χ3v) is 6.00. The number of aryl methyl sites for hydroxylation is 1. The Balaban J connectivity index is 2.15. The van der Waals surface area contributed by atoms with Gasteiger partial charge in [-0.3, -0.25) is 0 Å². The van der Waals surface area contributed by atoms with E-state index in [-0.39, 0.29) is 17.0 Å². The Hall–Kier alpha value is -1.69. The molecule has 0 bridgehead atoms. The van der Waals surface area contributed by atoms with Gasteiger partial charge >= 0.3 is 0 Å². The average Bonchev–Trinajstić information content (AvgIpc) is 2.57. The Morgan fingerprint density at radius 3 is 2.12 bits per heavy atom. The summed E-state index contributed by atoms with van der Waals surface area (Å²) in [5.74, 6) is 0. The van der Waals surface area contributed by atoms with Crippen molar-refractivity contribution in [2.24, 2.45) is 0 Å². The molecule has 2 rings (SSSR count). The maximum Gasteiger partial charge on any atom is 0.240 e. The van der Waals surface area contributed by atoms with Crippen molar-refractivity contribution in [2.45, 2.75) is 44.7 Å². The van der Waals surface area contributed by atoms with Crippen LogP contribution >= 0.6 is 0 Å². The molecule has 2 aromatic carbocycles. The highest BCUT2D eigenvalue weighted by atomic mass is 32.2. The minimum Gasteiger partial charge on any atom is -0.304 e. The quantitative estimate of drug-likeness (QED) is 0.840. The highest BCUT2D eigenvalue weighted by Gasteiger charge is 2.15. The normalized spacial score (nSPS) is 14.4. The lowest BCUT2D eigenvalue weighted by atomic mass is 9.97. The molecule has 5 heteroatoms. The standard InChI is InChI=1S/C19H26N2O2S/c1-13-7-6-8-19(14(13)2)16(4)21-15(3)17-9-11-18(12-10-17)24(22,23)20-5/h6-12,15-16,20-21H,1-5H3/t15-,16-/m1/s1. The lowest BCUT2D eigenvalue weighted by molar-refractivity contribution is 0.492. The number of hydrogen-bond acceptors (Lipinski definition) is 3. The van der Waals surface area contributed by atoms with E-state index >= 15 is 0 Å². The predicted octanol–water partition coefficient (Wildman–Crippen LogP) is 3.62. The van der Waals surface area contributed by atoms with E-state index in [2.05, 4.69) is 55.9 Å². The molecule has 0 radical (unpaired) electrons. The van der Waals surface area contributed by atoms with Crippen LogP contribution in [0.15, 0.2) is 47.4 Å². The maximum absolute atomic E-state index is 11.8. The summed E-state index contributed by atoms with van der Waals surface area (Å²) in [4.78, 5) is 0.281. The first kappa shape index (κ1) is 18.6. The minimum atomic E-state index is -3.39. The number of sulfonamides is 1. The molecule has 0 aliphatic rings. The van der Waals surface area contributed by atoms with E-state index in [1.165, 1.54) is 23.7 Å². The molecule has 24 heavy (non-hydrogen) atoms. The molecule has 0 unspecified atom stereocenters. The van der Waals surface area contributed by atoms with Crippen molar-refractivity contribution in [3.63, 3.8) is 0 Å². The molecule has 2 aromatic rings. The zero-order valence-electron chi connectivity index (χ0n) is 14.9. The second-order valence-corrected chi connectivity index (χ2v) is 8.06. The van der Waals surface area contributed by atoms with Crippen LogP contribution in [0.3, 0.4) is 0 Å². The molecule has 2 atom stereocenters. The molecule has 0 aliphatic carbocycles. The van der Waals surface area contributed by atoms with Crippen LogP contribution in [0.2, 0.25) is 0 Å². The van der Waals surface area contributed by atoms with Gasteiger partial charge < -0.3 is 5.32 Å². The largest absolute Gasteiger partial charge is 0.304 e. The second-order valence-electron chi connectivity index (χ2n) is 6.18. The molecule has 0 fully saturated rings. The van der Waals surface area contributed by atoms with Crippen LogP contribution in [0.5, 0.6) is 0 Å². The lowest BCUT2D eigenvalue weighted by Crippen LogP contribution is -2.23. The molecular weight excluding hydrogens is 320 g/mol. The molecule has 2 N–H and O–H groups in total. The van der Waals surface area contributed by atoms with Gasteiger partial charge in [-0.1, -0.05) is 30.3 Å². The van der Waals surface area contributed by atoms with Crippen molar-refractivity contribution in [1.29, 1.82) is 0 Å². The average molecular weight is 346 g/mol. The SMILES string of the molecule is CNS(=O)(=O)c1ccc([C@@H](C)N[C@H](C)c2cccc(C)c2C)cc1. The van der Waals surface area contributed by atoms with Crippen molar-refractivity contribution in [2.75, 3.05) is 7.05 Å². The Morgan fingerprint density at radius 2 is 1.54 bits per heavy atom. The van der Waals surface area contributed by atoms with Crippen molar-refractivity contribution in [3.05, 3.63) is 64.7 Å². The van der Waals surface area contributed by atoms with Gasteiger partial charge in [-0.15, -0.1) is 0 Å². The highest BCUT2D eigenvalue weighted by molar-refractivity contribution is 7.89. The first-order chi connectivity index (χ1) is 11.3. The van der Waals surface area contributed by atoms with Gasteiger partial charge in [0.25, 0.3) is 0 Å². The number of rotatable bonds is 6. The van der Waals surface area contributed by atoms with E-state index in [0.717, 1.165) is 5.56 Å². The smallest absolute Gasteiger partial charge is 0.240 e. The summed E-state index contributed by atoms with van der Waals surface area (Å²) in [6.45, 7) is 8.50. The fourth-order valence-electron chi connectivity index (χ4n) is 2.86. The van der Waals surface area contributed by atoms with Gasteiger partial charge in [-0.2, -0.15) is 0 Å². The van der Waals surface area contributed by atoms with Gasteiger partial charge in [-0.25, -0.2) is 13.1 Å². The summed E-state index contributed by atoms with van der Waals surface area (Å²) in [6.07, 6.45) is 0. The third kappa shape index (κ3) is 4.04. The third-order valence-electron chi connectivity index (χ3n) is 4.57. The summed E-state index contributed by atoms with van der Waals surface area (Å²) in [7, 11) is -1.97. The van der Waals surface area contributed by atoms with Crippen LogP contribution in [0.1, 0.15) is 48.2 Å². The first-order valence-electron chi connectivity index (χ1n) is 8.12. The number of benzene rings is 2. The molecule has 0 aromatic heterocycles. The van der Waals surface area contributed by atoms with E-state index in [0.29, 0.717) is 0 Å². The summed E-state index contributed by atoms with van der Waals surface area (Å²) in [5, 5.41) is 3.59. The zero-order chi connectivity index (χ0) is 17.9. The van der Waals surface area contributed by atoms with E-state index in [9.17, 15) is 8.42 Å². The van der Waals surface area contributed by atoms with Crippen LogP contribution in [0, 0.1) is 13.8 Å². The number of hydrogen-bond donors (Lipinski definition) is 2. The van der Waals surface area contributed by atoms with Crippen LogP contribution in [0.4, 0.5) is 0 Å². The van der Waals surface area contributed by atoms with E-state index in [1.807, 2.05) is 12.1 Å². The number of nitrogens with one attached hydrogen (secondary N) is 2. The minimum absolute atomic E-state index is 0.117. The Morgan fingerprint density at radius 1 is 0.917 bits per heavy atom. The Labute approximate surface area is 145 Å². The fraction of sp³-hybridized carbons (Fsp3) is 0.368.